The highest BCUT2D eigenvalue weighted by molar-refractivity contribution is 9.10. The molecule has 4 rings (SSSR count). The molecule has 5 N–H and O–H groups in total. The lowest BCUT2D eigenvalue weighted by Crippen LogP contribution is -2.40. The topological polar surface area (TPSA) is 139 Å². The minimum absolute atomic E-state index is 0.0151. The van der Waals surface area contributed by atoms with Gasteiger partial charge in [0.1, 0.15) is 5.75 Å². The van der Waals surface area contributed by atoms with E-state index in [0.29, 0.717) is 30.4 Å². The van der Waals surface area contributed by atoms with E-state index in [-0.39, 0.29) is 28.7 Å². The molecule has 1 aliphatic carbocycles. The van der Waals surface area contributed by atoms with Crippen molar-refractivity contribution in [2.45, 2.75) is 59.0 Å². The van der Waals surface area contributed by atoms with Gasteiger partial charge in [-0.2, -0.15) is 0 Å². The summed E-state index contributed by atoms with van der Waals surface area (Å²) in [6.07, 6.45) is 3.91. The van der Waals surface area contributed by atoms with Crippen molar-refractivity contribution in [3.8, 4) is 5.75 Å². The predicted molar refractivity (Wildman–Crippen MR) is 167 cm³/mol. The number of halogens is 1. The maximum Gasteiger partial charge on any atom is 0.488 e. The number of allylic oxidation sites excluding steroid dienone is 2. The smallest absolute Gasteiger partial charge is 0.488 e. The SMILES string of the molecule is CCC/C(=C\c1cc(Br)ccc1O)CC[C@@H](O)C1=C(C(C)C)C[C@H]2C(=O)N(c3cccc(B(O)O)c3)C(=O)[C@H]2[C@H]1CO. The first kappa shape index (κ1) is 32.2. The predicted octanol–water partition coefficient (Wildman–Crippen LogP) is 3.93. The maximum absolute atomic E-state index is 13.8. The molecule has 0 saturated carbocycles. The highest BCUT2D eigenvalue weighted by Gasteiger charge is 2.55. The summed E-state index contributed by atoms with van der Waals surface area (Å²) in [5, 5.41) is 51.8. The van der Waals surface area contributed by atoms with Crippen molar-refractivity contribution in [3.63, 3.8) is 0 Å². The van der Waals surface area contributed by atoms with Crippen LogP contribution in [0.25, 0.3) is 6.08 Å². The number of rotatable bonds is 11. The average molecular weight is 640 g/mol. The summed E-state index contributed by atoms with van der Waals surface area (Å²) in [6.45, 7) is 5.65. The van der Waals surface area contributed by atoms with Gasteiger partial charge in [-0.25, -0.2) is 0 Å². The third-order valence-corrected chi connectivity index (χ3v) is 8.95. The van der Waals surface area contributed by atoms with Gasteiger partial charge < -0.3 is 25.4 Å². The van der Waals surface area contributed by atoms with Crippen LogP contribution >= 0.6 is 15.9 Å². The molecular weight excluding hydrogens is 601 g/mol. The number of fused-ring (bicyclic) bond motifs is 1. The second kappa shape index (κ2) is 13.7. The molecule has 1 aliphatic heterocycles. The molecule has 1 fully saturated rings. The standard InChI is InChI=1S/C32H39BBrNO7/c1-4-6-19(13-20-14-22(34)10-12-27(20)37)9-11-28(38)29-24(18(2)3)16-25-30(26(29)17-36)32(40)35(31(25)39)23-8-5-7-21(15-23)33(41)42/h5,7-8,10,12-15,18,25-26,28,30,36-38,41-42H,4,6,9,11,16-17H2,1-3H3/b19-13+/t25-,26+,28-,30-/m1/s1. The molecule has 0 aromatic heterocycles. The van der Waals surface area contributed by atoms with Gasteiger partial charge in [0, 0.05) is 16.0 Å². The number of aliphatic hydroxyl groups is 2. The zero-order valence-electron chi connectivity index (χ0n) is 24.2. The summed E-state index contributed by atoms with van der Waals surface area (Å²) < 4.78 is 0.848. The van der Waals surface area contributed by atoms with Gasteiger partial charge in [0.15, 0.2) is 0 Å². The number of aromatic hydroxyl groups is 1. The molecule has 10 heteroatoms. The number of benzene rings is 2. The Morgan fingerprint density at radius 3 is 2.50 bits per heavy atom. The van der Waals surface area contributed by atoms with E-state index in [0.717, 1.165) is 33.4 Å². The molecule has 2 aromatic carbocycles. The lowest BCUT2D eigenvalue weighted by molar-refractivity contribution is -0.123. The number of nitrogens with zero attached hydrogens (tertiary/aromatic N) is 1. The molecule has 0 bridgehead atoms. The summed E-state index contributed by atoms with van der Waals surface area (Å²) >= 11 is 3.45. The normalized spacial score (nSPS) is 21.8. The Hall–Kier alpha value is -2.76. The molecule has 224 valence electrons. The van der Waals surface area contributed by atoms with E-state index in [9.17, 15) is 35.0 Å². The molecule has 42 heavy (non-hydrogen) atoms. The number of carbonyl (C=O) groups excluding carboxylic acids is 2. The molecule has 0 unspecified atom stereocenters. The number of carbonyl (C=O) groups is 2. The quantitative estimate of drug-likeness (QED) is 0.143. The van der Waals surface area contributed by atoms with Gasteiger partial charge in [-0.3, -0.25) is 14.5 Å². The lowest BCUT2D eigenvalue weighted by atomic mass is 9.66. The number of hydrogen-bond donors (Lipinski definition) is 5. The van der Waals surface area contributed by atoms with Crippen LogP contribution in [0.3, 0.4) is 0 Å². The molecular formula is C32H39BBrNO7. The number of imide groups is 1. The summed E-state index contributed by atoms with van der Waals surface area (Å²) in [5.41, 5.74) is 3.68. The molecule has 0 radical (unpaired) electrons. The van der Waals surface area contributed by atoms with E-state index in [1.165, 1.54) is 12.1 Å². The van der Waals surface area contributed by atoms with Crippen molar-refractivity contribution in [1.82, 2.24) is 0 Å². The molecule has 0 spiro atoms. The summed E-state index contributed by atoms with van der Waals surface area (Å²) in [5.74, 6) is -2.93. The van der Waals surface area contributed by atoms with Crippen LogP contribution < -0.4 is 10.4 Å². The van der Waals surface area contributed by atoms with Crippen molar-refractivity contribution < 1.29 is 35.0 Å². The fourth-order valence-electron chi connectivity index (χ4n) is 6.45. The van der Waals surface area contributed by atoms with Crippen molar-refractivity contribution >= 4 is 52.1 Å². The highest BCUT2D eigenvalue weighted by Crippen LogP contribution is 2.48. The molecule has 8 nitrogen and oxygen atoms in total. The second-order valence-corrected chi connectivity index (χ2v) is 12.5. The Bertz CT molecular complexity index is 1390. The van der Waals surface area contributed by atoms with Crippen LogP contribution in [0.4, 0.5) is 5.69 Å². The Labute approximate surface area is 255 Å². The molecule has 2 aromatic rings. The van der Waals surface area contributed by atoms with Gasteiger partial charge in [0.05, 0.1) is 30.2 Å². The zero-order valence-corrected chi connectivity index (χ0v) is 25.8. The second-order valence-electron chi connectivity index (χ2n) is 11.6. The summed E-state index contributed by atoms with van der Waals surface area (Å²) in [6, 6.07) is 11.3. The fraction of sp³-hybridized carbons (Fsp3) is 0.438. The van der Waals surface area contributed by atoms with Gasteiger partial charge in [-0.15, -0.1) is 0 Å². The maximum atomic E-state index is 13.8. The highest BCUT2D eigenvalue weighted by atomic mass is 79.9. The summed E-state index contributed by atoms with van der Waals surface area (Å²) in [7, 11) is -1.75. The first-order chi connectivity index (χ1) is 20.0. The number of amides is 2. The van der Waals surface area contributed by atoms with Crippen LogP contribution in [-0.4, -0.2) is 57.0 Å². The van der Waals surface area contributed by atoms with Crippen molar-refractivity contribution in [2.24, 2.45) is 23.7 Å². The Kier molecular flexibility index (Phi) is 10.5. The molecule has 4 atom stereocenters. The van der Waals surface area contributed by atoms with E-state index in [1.807, 2.05) is 26.0 Å². The van der Waals surface area contributed by atoms with Crippen molar-refractivity contribution in [2.75, 3.05) is 11.5 Å². The minimum atomic E-state index is -1.75. The number of aliphatic hydroxyl groups excluding tert-OH is 2. The van der Waals surface area contributed by atoms with Gasteiger partial charge in [0.2, 0.25) is 11.8 Å². The van der Waals surface area contributed by atoms with E-state index in [4.69, 9.17) is 0 Å². The van der Waals surface area contributed by atoms with Crippen LogP contribution in [0.1, 0.15) is 58.4 Å². The third-order valence-electron chi connectivity index (χ3n) is 8.46. The van der Waals surface area contributed by atoms with Gasteiger partial charge in [0.25, 0.3) is 0 Å². The van der Waals surface area contributed by atoms with Crippen LogP contribution in [0.5, 0.6) is 5.75 Å². The van der Waals surface area contributed by atoms with Gasteiger partial charge >= 0.3 is 7.12 Å². The van der Waals surface area contributed by atoms with Crippen molar-refractivity contribution in [1.29, 1.82) is 0 Å². The van der Waals surface area contributed by atoms with E-state index < -0.39 is 43.5 Å². The monoisotopic (exact) mass is 639 g/mol. The molecule has 2 amide bonds. The van der Waals surface area contributed by atoms with Gasteiger partial charge in [-0.05, 0) is 73.0 Å². The van der Waals surface area contributed by atoms with E-state index >= 15 is 0 Å². The Morgan fingerprint density at radius 2 is 1.86 bits per heavy atom. The molecule has 2 aliphatic rings. The first-order valence-electron chi connectivity index (χ1n) is 14.5. The van der Waals surface area contributed by atoms with Gasteiger partial charge in [-0.1, -0.05) is 72.5 Å². The Balaban J connectivity index is 1.63. The zero-order chi connectivity index (χ0) is 30.7. The molecule has 1 heterocycles. The number of phenolic OH excluding ortho intramolecular Hbond substituents is 1. The third kappa shape index (κ3) is 6.58. The molecule has 1 saturated heterocycles. The Morgan fingerprint density at radius 1 is 1.12 bits per heavy atom. The number of anilines is 1. The number of hydrogen-bond acceptors (Lipinski definition) is 7. The van der Waals surface area contributed by atoms with E-state index in [2.05, 4.69) is 22.9 Å². The summed E-state index contributed by atoms with van der Waals surface area (Å²) in [4.78, 5) is 28.5. The van der Waals surface area contributed by atoms with E-state index in [1.54, 1.807) is 24.3 Å². The average Bonchev–Trinajstić information content (AvgIpc) is 3.21. The van der Waals surface area contributed by atoms with Crippen LogP contribution in [0, 0.1) is 23.7 Å². The van der Waals surface area contributed by atoms with Crippen LogP contribution in [-0.2, 0) is 9.59 Å². The first-order valence-corrected chi connectivity index (χ1v) is 15.3. The largest absolute Gasteiger partial charge is 0.507 e. The minimum Gasteiger partial charge on any atom is -0.507 e. The lowest BCUT2D eigenvalue weighted by Gasteiger charge is -2.38. The van der Waals surface area contributed by atoms with Crippen LogP contribution in [0.2, 0.25) is 0 Å². The fourth-order valence-corrected chi connectivity index (χ4v) is 6.83. The van der Waals surface area contributed by atoms with Crippen molar-refractivity contribution in [3.05, 3.63) is 69.2 Å². The number of phenols is 1. The van der Waals surface area contributed by atoms with Crippen LogP contribution in [0.15, 0.2) is 63.7 Å².